The predicted molar refractivity (Wildman–Crippen MR) is 67.9 cm³/mol. The van der Waals surface area contributed by atoms with Gasteiger partial charge in [-0.1, -0.05) is 11.6 Å². The Balaban J connectivity index is 2.63. The maximum atomic E-state index is 11.8. The normalized spacial score (nSPS) is 15.1. The Kier molecular flexibility index (Phi) is 4.95. The summed E-state index contributed by atoms with van der Waals surface area (Å²) >= 11 is 6.08. The third kappa shape index (κ3) is 3.57. The maximum Gasteiger partial charge on any atom is 0.0856 e. The molecular formula is C10H18ClN3OS. The van der Waals surface area contributed by atoms with Gasteiger partial charge < -0.3 is 5.73 Å². The second-order valence-corrected chi connectivity index (χ2v) is 5.98. The molecule has 0 bridgehead atoms. The van der Waals surface area contributed by atoms with Crippen LogP contribution in [0.5, 0.6) is 0 Å². The highest BCUT2D eigenvalue weighted by Crippen LogP contribution is 2.20. The number of hydrogen-bond donors (Lipinski definition) is 1. The minimum absolute atomic E-state index is 0.0905. The van der Waals surface area contributed by atoms with Crippen molar-refractivity contribution in [3.63, 3.8) is 0 Å². The topological polar surface area (TPSA) is 60.9 Å². The fraction of sp³-hybridized carbons (Fsp3) is 0.700. The second kappa shape index (κ2) is 5.80. The van der Waals surface area contributed by atoms with Gasteiger partial charge in [-0.3, -0.25) is 8.89 Å². The zero-order valence-electron chi connectivity index (χ0n) is 9.86. The predicted octanol–water partition coefficient (Wildman–Crippen LogP) is 1.37. The number of halogens is 1. The number of nitrogens with zero attached hydrogens (tertiary/aromatic N) is 2. The van der Waals surface area contributed by atoms with Gasteiger partial charge in [-0.15, -0.1) is 0 Å². The van der Waals surface area contributed by atoms with Gasteiger partial charge in [0, 0.05) is 29.6 Å². The third-order valence-electron chi connectivity index (χ3n) is 2.36. The van der Waals surface area contributed by atoms with Crippen molar-refractivity contribution in [1.29, 1.82) is 0 Å². The van der Waals surface area contributed by atoms with Crippen LogP contribution in [-0.4, -0.2) is 25.8 Å². The standard InChI is InChI=1S/C10H18ClN3OS/c1-7(12)4-5-16(15)6-9-10(11)8(2)13-14(9)3/h7H,4-6,12H2,1-3H3. The summed E-state index contributed by atoms with van der Waals surface area (Å²) in [5, 5.41) is 4.81. The monoisotopic (exact) mass is 263 g/mol. The lowest BCUT2D eigenvalue weighted by Crippen LogP contribution is -2.18. The van der Waals surface area contributed by atoms with E-state index >= 15 is 0 Å². The zero-order valence-corrected chi connectivity index (χ0v) is 11.4. The molecular weight excluding hydrogens is 246 g/mol. The first kappa shape index (κ1) is 13.7. The molecule has 0 fully saturated rings. The number of hydrogen-bond acceptors (Lipinski definition) is 3. The van der Waals surface area contributed by atoms with E-state index in [0.717, 1.165) is 17.8 Å². The van der Waals surface area contributed by atoms with E-state index in [9.17, 15) is 4.21 Å². The van der Waals surface area contributed by atoms with Crippen LogP contribution in [0, 0.1) is 6.92 Å². The molecule has 1 rings (SSSR count). The molecule has 0 saturated carbocycles. The summed E-state index contributed by atoms with van der Waals surface area (Å²) in [5.74, 6) is 1.06. The highest BCUT2D eigenvalue weighted by Gasteiger charge is 2.14. The Hall–Kier alpha value is -0.390. The van der Waals surface area contributed by atoms with Gasteiger partial charge in [0.25, 0.3) is 0 Å². The molecule has 2 N–H and O–H groups in total. The molecule has 0 aliphatic carbocycles. The molecule has 16 heavy (non-hydrogen) atoms. The van der Waals surface area contributed by atoms with Crippen molar-refractivity contribution in [3.05, 3.63) is 16.4 Å². The van der Waals surface area contributed by atoms with Crippen LogP contribution in [0.4, 0.5) is 0 Å². The van der Waals surface area contributed by atoms with Gasteiger partial charge in [0.1, 0.15) is 0 Å². The summed E-state index contributed by atoms with van der Waals surface area (Å²) in [6.07, 6.45) is 0.765. The first-order chi connectivity index (χ1) is 7.41. The number of rotatable bonds is 5. The van der Waals surface area contributed by atoms with Gasteiger partial charge in [0.05, 0.1) is 22.2 Å². The van der Waals surface area contributed by atoms with Crippen molar-refractivity contribution in [3.8, 4) is 0 Å². The van der Waals surface area contributed by atoms with Crippen LogP contribution >= 0.6 is 11.6 Å². The first-order valence-electron chi connectivity index (χ1n) is 5.20. The molecule has 0 aliphatic heterocycles. The number of nitrogens with two attached hydrogens (primary N) is 1. The highest BCUT2D eigenvalue weighted by molar-refractivity contribution is 7.84. The Morgan fingerprint density at radius 1 is 1.62 bits per heavy atom. The number of aromatic nitrogens is 2. The fourth-order valence-corrected chi connectivity index (χ4v) is 3.10. The van der Waals surface area contributed by atoms with Gasteiger partial charge in [0.2, 0.25) is 0 Å². The van der Waals surface area contributed by atoms with Crippen LogP contribution in [0.2, 0.25) is 5.02 Å². The van der Waals surface area contributed by atoms with Crippen LogP contribution < -0.4 is 5.73 Å². The first-order valence-corrected chi connectivity index (χ1v) is 7.07. The average Bonchev–Trinajstić information content (AvgIpc) is 2.42. The zero-order chi connectivity index (χ0) is 12.3. The SMILES string of the molecule is Cc1nn(C)c(CS(=O)CCC(C)N)c1Cl. The third-order valence-corrected chi connectivity index (χ3v) is 4.14. The van der Waals surface area contributed by atoms with E-state index in [1.54, 1.807) is 4.68 Å². The van der Waals surface area contributed by atoms with Gasteiger partial charge in [-0.25, -0.2) is 0 Å². The lowest BCUT2D eigenvalue weighted by molar-refractivity contribution is 0.662. The van der Waals surface area contributed by atoms with Crippen molar-refractivity contribution in [2.24, 2.45) is 12.8 Å². The highest BCUT2D eigenvalue weighted by atomic mass is 35.5. The van der Waals surface area contributed by atoms with Crippen LogP contribution in [0.3, 0.4) is 0 Å². The Morgan fingerprint density at radius 2 is 2.25 bits per heavy atom. The molecule has 0 saturated heterocycles. The van der Waals surface area contributed by atoms with Crippen LogP contribution in [0.15, 0.2) is 0 Å². The summed E-state index contributed by atoms with van der Waals surface area (Å²) < 4.78 is 13.5. The van der Waals surface area contributed by atoms with Gasteiger partial charge in [0.15, 0.2) is 0 Å². The molecule has 1 aromatic rings. The second-order valence-electron chi connectivity index (χ2n) is 4.02. The molecule has 0 spiro atoms. The van der Waals surface area contributed by atoms with Gasteiger partial charge >= 0.3 is 0 Å². The van der Waals surface area contributed by atoms with Gasteiger partial charge in [-0.05, 0) is 20.3 Å². The molecule has 4 nitrogen and oxygen atoms in total. The Bertz CT molecular complexity index is 390. The lowest BCUT2D eigenvalue weighted by atomic mass is 10.3. The molecule has 6 heteroatoms. The van der Waals surface area contributed by atoms with E-state index in [-0.39, 0.29) is 6.04 Å². The van der Waals surface area contributed by atoms with Crippen molar-refractivity contribution in [2.45, 2.75) is 32.1 Å². The van der Waals surface area contributed by atoms with Crippen LogP contribution in [0.1, 0.15) is 24.7 Å². The summed E-state index contributed by atoms with van der Waals surface area (Å²) in [6.45, 7) is 3.76. The smallest absolute Gasteiger partial charge is 0.0856 e. The molecule has 0 aromatic carbocycles. The molecule has 0 amide bonds. The molecule has 2 unspecified atom stereocenters. The molecule has 1 aromatic heterocycles. The molecule has 1 heterocycles. The summed E-state index contributed by atoms with van der Waals surface area (Å²) in [5.41, 5.74) is 7.24. The molecule has 2 atom stereocenters. The largest absolute Gasteiger partial charge is 0.328 e. The maximum absolute atomic E-state index is 11.8. The van der Waals surface area contributed by atoms with E-state index in [1.165, 1.54) is 0 Å². The van der Waals surface area contributed by atoms with Crippen molar-refractivity contribution < 1.29 is 4.21 Å². The van der Waals surface area contributed by atoms with Crippen LogP contribution in [0.25, 0.3) is 0 Å². The van der Waals surface area contributed by atoms with E-state index in [4.69, 9.17) is 17.3 Å². The molecule has 0 aliphatic rings. The summed E-state index contributed by atoms with van der Waals surface area (Å²) in [6, 6.07) is 0.0905. The summed E-state index contributed by atoms with van der Waals surface area (Å²) in [4.78, 5) is 0. The fourth-order valence-electron chi connectivity index (χ4n) is 1.38. The van der Waals surface area contributed by atoms with Gasteiger partial charge in [-0.2, -0.15) is 5.10 Å². The Labute approximate surface area is 104 Å². The minimum Gasteiger partial charge on any atom is -0.328 e. The van der Waals surface area contributed by atoms with E-state index in [0.29, 0.717) is 16.5 Å². The van der Waals surface area contributed by atoms with Crippen molar-refractivity contribution in [2.75, 3.05) is 5.75 Å². The quantitative estimate of drug-likeness (QED) is 0.873. The van der Waals surface area contributed by atoms with Crippen molar-refractivity contribution in [1.82, 2.24) is 9.78 Å². The van der Waals surface area contributed by atoms with Crippen molar-refractivity contribution >= 4 is 22.4 Å². The molecule has 0 radical (unpaired) electrons. The van der Waals surface area contributed by atoms with E-state index in [2.05, 4.69) is 5.10 Å². The molecule has 92 valence electrons. The Morgan fingerprint density at radius 3 is 2.69 bits per heavy atom. The minimum atomic E-state index is -0.924. The van der Waals surface area contributed by atoms with E-state index < -0.39 is 10.8 Å². The average molecular weight is 264 g/mol. The van der Waals surface area contributed by atoms with Crippen LogP contribution in [-0.2, 0) is 23.6 Å². The number of aryl methyl sites for hydroxylation is 2. The summed E-state index contributed by atoms with van der Waals surface area (Å²) in [7, 11) is 0.892. The van der Waals surface area contributed by atoms with E-state index in [1.807, 2.05) is 20.9 Å². The lowest BCUT2D eigenvalue weighted by Gasteiger charge is -2.05.